The number of hydrogen-bond acceptors (Lipinski definition) is 4. The van der Waals surface area contributed by atoms with Crippen molar-refractivity contribution in [3.05, 3.63) is 24.3 Å². The summed E-state index contributed by atoms with van der Waals surface area (Å²) in [5, 5.41) is 6.21. The fourth-order valence-electron chi connectivity index (χ4n) is 3.23. The highest BCUT2D eigenvalue weighted by atomic mass is 16.5. The number of anilines is 1. The lowest BCUT2D eigenvalue weighted by Crippen LogP contribution is -2.32. The molecule has 0 spiro atoms. The molecule has 0 bridgehead atoms. The molecular weight excluding hydrogens is 306 g/mol. The quantitative estimate of drug-likeness (QED) is 0.833. The van der Waals surface area contributed by atoms with Crippen molar-refractivity contribution in [3.8, 4) is 5.75 Å². The predicted octanol–water partition coefficient (Wildman–Crippen LogP) is 1.77. The zero-order valence-electron chi connectivity index (χ0n) is 13.9. The van der Waals surface area contributed by atoms with Crippen LogP contribution < -0.4 is 15.4 Å². The molecule has 1 unspecified atom stereocenters. The zero-order chi connectivity index (χ0) is 16.8. The van der Waals surface area contributed by atoms with Crippen LogP contribution in [0.2, 0.25) is 0 Å². The summed E-state index contributed by atoms with van der Waals surface area (Å²) >= 11 is 0. The van der Waals surface area contributed by atoms with Crippen molar-refractivity contribution >= 4 is 17.5 Å². The van der Waals surface area contributed by atoms with Gasteiger partial charge in [-0.2, -0.15) is 0 Å². The molecule has 0 saturated carbocycles. The van der Waals surface area contributed by atoms with Crippen molar-refractivity contribution in [1.29, 1.82) is 0 Å². The maximum absolute atomic E-state index is 12.1. The third kappa shape index (κ3) is 4.71. The van der Waals surface area contributed by atoms with Gasteiger partial charge in [0.2, 0.25) is 5.91 Å². The second-order valence-corrected chi connectivity index (χ2v) is 6.45. The van der Waals surface area contributed by atoms with E-state index in [0.717, 1.165) is 45.3 Å². The van der Waals surface area contributed by atoms with E-state index >= 15 is 0 Å². The molecular formula is C18H25N3O3. The van der Waals surface area contributed by atoms with E-state index in [1.807, 2.05) is 17.0 Å². The Hall–Kier alpha value is -2.08. The number of hydrogen-bond donors (Lipinski definition) is 2. The van der Waals surface area contributed by atoms with E-state index in [2.05, 4.69) is 10.6 Å². The van der Waals surface area contributed by atoms with E-state index in [0.29, 0.717) is 17.9 Å². The first-order valence-corrected chi connectivity index (χ1v) is 8.74. The van der Waals surface area contributed by atoms with Gasteiger partial charge in [0.25, 0.3) is 5.91 Å². The molecule has 3 rings (SSSR count). The zero-order valence-corrected chi connectivity index (χ0v) is 13.9. The summed E-state index contributed by atoms with van der Waals surface area (Å²) in [4.78, 5) is 25.9. The number of rotatable bonds is 6. The molecule has 2 heterocycles. The van der Waals surface area contributed by atoms with Crippen molar-refractivity contribution in [2.24, 2.45) is 0 Å². The smallest absolute Gasteiger partial charge is 0.260 e. The first kappa shape index (κ1) is 16.8. The van der Waals surface area contributed by atoms with Crippen LogP contribution in [-0.2, 0) is 9.59 Å². The SMILES string of the molecule is O=C(CC1CCCN1)Nc1cccc(OCC(=O)N2CCCC2)c1. The molecule has 0 radical (unpaired) electrons. The second kappa shape index (κ2) is 8.15. The van der Waals surface area contributed by atoms with Gasteiger partial charge < -0.3 is 20.3 Å². The van der Waals surface area contributed by atoms with Crippen LogP contribution in [-0.4, -0.2) is 49.0 Å². The predicted molar refractivity (Wildman–Crippen MR) is 92.0 cm³/mol. The van der Waals surface area contributed by atoms with Crippen molar-refractivity contribution in [2.45, 2.75) is 38.1 Å². The van der Waals surface area contributed by atoms with Crippen molar-refractivity contribution in [3.63, 3.8) is 0 Å². The van der Waals surface area contributed by atoms with E-state index in [-0.39, 0.29) is 24.5 Å². The Kier molecular flexibility index (Phi) is 5.69. The van der Waals surface area contributed by atoms with Gasteiger partial charge in [-0.25, -0.2) is 0 Å². The number of likely N-dealkylation sites (tertiary alicyclic amines) is 1. The molecule has 1 atom stereocenters. The Morgan fingerprint density at radius 1 is 1.25 bits per heavy atom. The standard InChI is InChI=1S/C18H25N3O3/c22-17(12-14-6-4-8-19-14)20-15-5-3-7-16(11-15)24-13-18(23)21-9-1-2-10-21/h3,5,7,11,14,19H,1-2,4,6,8-10,12-13H2,(H,20,22). The van der Waals surface area contributed by atoms with Crippen LogP contribution in [0.15, 0.2) is 24.3 Å². The van der Waals surface area contributed by atoms with Gasteiger partial charge in [-0.3, -0.25) is 9.59 Å². The summed E-state index contributed by atoms with van der Waals surface area (Å²) in [5.74, 6) is 0.619. The van der Waals surface area contributed by atoms with Gasteiger partial charge in [0.15, 0.2) is 6.61 Å². The van der Waals surface area contributed by atoms with Gasteiger partial charge in [-0.05, 0) is 44.4 Å². The molecule has 1 aromatic rings. The van der Waals surface area contributed by atoms with Crippen LogP contribution in [0.5, 0.6) is 5.75 Å². The van der Waals surface area contributed by atoms with E-state index in [1.54, 1.807) is 12.1 Å². The molecule has 0 aromatic heterocycles. The summed E-state index contributed by atoms with van der Waals surface area (Å²) in [7, 11) is 0. The molecule has 6 heteroatoms. The molecule has 0 aliphatic carbocycles. The lowest BCUT2D eigenvalue weighted by atomic mass is 10.1. The minimum absolute atomic E-state index is 0.000284. The Labute approximate surface area is 142 Å². The molecule has 1 aromatic carbocycles. The summed E-state index contributed by atoms with van der Waals surface area (Å²) in [5.41, 5.74) is 0.698. The molecule has 130 valence electrons. The molecule has 2 N–H and O–H groups in total. The summed E-state index contributed by atoms with van der Waals surface area (Å²) < 4.78 is 5.58. The first-order chi connectivity index (χ1) is 11.7. The topological polar surface area (TPSA) is 70.7 Å². The first-order valence-electron chi connectivity index (χ1n) is 8.74. The number of carbonyl (C=O) groups is 2. The highest BCUT2D eigenvalue weighted by Crippen LogP contribution is 2.19. The van der Waals surface area contributed by atoms with E-state index < -0.39 is 0 Å². The van der Waals surface area contributed by atoms with Gasteiger partial charge in [0, 0.05) is 37.3 Å². The summed E-state index contributed by atoms with van der Waals surface area (Å²) in [6.07, 6.45) is 4.81. The van der Waals surface area contributed by atoms with E-state index in [1.165, 1.54) is 0 Å². The molecule has 2 amide bonds. The van der Waals surface area contributed by atoms with Crippen molar-refractivity contribution in [1.82, 2.24) is 10.2 Å². The Morgan fingerprint density at radius 2 is 2.08 bits per heavy atom. The average molecular weight is 331 g/mol. The summed E-state index contributed by atoms with van der Waals surface area (Å²) in [6, 6.07) is 7.49. The maximum Gasteiger partial charge on any atom is 0.260 e. The lowest BCUT2D eigenvalue weighted by Gasteiger charge is -2.16. The number of ether oxygens (including phenoxy) is 1. The van der Waals surface area contributed by atoms with Crippen LogP contribution in [0.3, 0.4) is 0 Å². The van der Waals surface area contributed by atoms with Crippen LogP contribution >= 0.6 is 0 Å². The van der Waals surface area contributed by atoms with E-state index in [4.69, 9.17) is 4.74 Å². The number of nitrogens with one attached hydrogen (secondary N) is 2. The second-order valence-electron chi connectivity index (χ2n) is 6.45. The third-order valence-corrected chi connectivity index (χ3v) is 4.53. The lowest BCUT2D eigenvalue weighted by molar-refractivity contribution is -0.132. The minimum atomic E-state index is -0.000284. The average Bonchev–Trinajstić information content (AvgIpc) is 3.26. The minimum Gasteiger partial charge on any atom is -0.484 e. The van der Waals surface area contributed by atoms with Gasteiger partial charge in [0.1, 0.15) is 5.75 Å². The Bertz CT molecular complexity index is 579. The van der Waals surface area contributed by atoms with Gasteiger partial charge in [0.05, 0.1) is 0 Å². The Morgan fingerprint density at radius 3 is 2.83 bits per heavy atom. The monoisotopic (exact) mass is 331 g/mol. The normalized spacial score (nSPS) is 20.2. The van der Waals surface area contributed by atoms with E-state index in [9.17, 15) is 9.59 Å². The van der Waals surface area contributed by atoms with Crippen LogP contribution in [0, 0.1) is 0 Å². The van der Waals surface area contributed by atoms with Crippen LogP contribution in [0.4, 0.5) is 5.69 Å². The highest BCUT2D eigenvalue weighted by molar-refractivity contribution is 5.91. The number of benzene rings is 1. The summed E-state index contributed by atoms with van der Waals surface area (Å²) in [6.45, 7) is 2.69. The van der Waals surface area contributed by atoms with Crippen molar-refractivity contribution < 1.29 is 14.3 Å². The highest BCUT2D eigenvalue weighted by Gasteiger charge is 2.19. The molecule has 2 aliphatic heterocycles. The van der Waals surface area contributed by atoms with Crippen LogP contribution in [0.25, 0.3) is 0 Å². The molecule has 2 saturated heterocycles. The largest absolute Gasteiger partial charge is 0.484 e. The molecule has 2 fully saturated rings. The van der Waals surface area contributed by atoms with Crippen LogP contribution in [0.1, 0.15) is 32.1 Å². The molecule has 24 heavy (non-hydrogen) atoms. The van der Waals surface area contributed by atoms with Gasteiger partial charge in [-0.1, -0.05) is 6.07 Å². The number of nitrogens with zero attached hydrogens (tertiary/aromatic N) is 1. The maximum atomic E-state index is 12.1. The molecule has 2 aliphatic rings. The fraction of sp³-hybridized carbons (Fsp3) is 0.556. The fourth-order valence-corrected chi connectivity index (χ4v) is 3.23. The molecule has 6 nitrogen and oxygen atoms in total. The van der Waals surface area contributed by atoms with Gasteiger partial charge >= 0.3 is 0 Å². The Balaban J connectivity index is 1.47. The third-order valence-electron chi connectivity index (χ3n) is 4.53. The number of amides is 2. The van der Waals surface area contributed by atoms with Crippen molar-refractivity contribution in [2.75, 3.05) is 31.6 Å². The van der Waals surface area contributed by atoms with Gasteiger partial charge in [-0.15, -0.1) is 0 Å². The number of carbonyl (C=O) groups excluding carboxylic acids is 2.